The minimum atomic E-state index is -0.495. The highest BCUT2D eigenvalue weighted by Crippen LogP contribution is 2.35. The van der Waals surface area contributed by atoms with Crippen molar-refractivity contribution < 1.29 is 18.7 Å². The summed E-state index contributed by atoms with van der Waals surface area (Å²) in [7, 11) is 0. The topological polar surface area (TPSA) is 71.3 Å². The summed E-state index contributed by atoms with van der Waals surface area (Å²) < 4.78 is 25.9. The van der Waals surface area contributed by atoms with Crippen molar-refractivity contribution in [3.05, 3.63) is 91.8 Å². The van der Waals surface area contributed by atoms with Crippen LogP contribution in [0.5, 0.6) is 11.5 Å². The maximum Gasteiger partial charge on any atom is 0.266 e. The molecule has 3 aromatic rings. The van der Waals surface area contributed by atoms with Gasteiger partial charge < -0.3 is 14.8 Å². The molecule has 0 heterocycles. The van der Waals surface area contributed by atoms with Gasteiger partial charge in [0.1, 0.15) is 24.1 Å². The molecule has 0 fully saturated rings. The first-order valence-corrected chi connectivity index (χ1v) is 11.7. The van der Waals surface area contributed by atoms with Crippen molar-refractivity contribution in [2.75, 3.05) is 11.9 Å². The van der Waals surface area contributed by atoms with E-state index in [1.807, 2.05) is 39.0 Å². The largest absolute Gasteiger partial charge is 0.490 e. The Kier molecular flexibility index (Phi) is 8.66. The van der Waals surface area contributed by atoms with Crippen LogP contribution < -0.4 is 14.8 Å². The van der Waals surface area contributed by atoms with E-state index in [9.17, 15) is 14.4 Å². The minimum Gasteiger partial charge on any atom is -0.490 e. The molecule has 7 heteroatoms. The summed E-state index contributed by atoms with van der Waals surface area (Å²) >= 11 is 2.11. The van der Waals surface area contributed by atoms with Gasteiger partial charge in [-0.25, -0.2) is 4.39 Å². The third-order valence-electron chi connectivity index (χ3n) is 5.04. The van der Waals surface area contributed by atoms with E-state index in [2.05, 4.69) is 27.9 Å². The van der Waals surface area contributed by atoms with Crippen LogP contribution in [0, 0.1) is 34.6 Å². The minimum absolute atomic E-state index is 0.0371. The van der Waals surface area contributed by atoms with Crippen molar-refractivity contribution >= 4 is 40.3 Å². The number of carbonyl (C=O) groups is 1. The normalized spacial score (nSPS) is 11.0. The molecular formula is C27H24FIN2O3. The average molecular weight is 570 g/mol. The molecule has 0 aromatic heterocycles. The molecule has 0 unspecified atom stereocenters. The van der Waals surface area contributed by atoms with Gasteiger partial charge in [0.25, 0.3) is 5.91 Å². The molecule has 3 rings (SSSR count). The Morgan fingerprint density at radius 3 is 2.59 bits per heavy atom. The van der Waals surface area contributed by atoms with E-state index >= 15 is 0 Å². The summed E-state index contributed by atoms with van der Waals surface area (Å²) in [6, 6.07) is 17.3. The van der Waals surface area contributed by atoms with Crippen LogP contribution in [0.1, 0.15) is 29.2 Å². The SMILES string of the molecule is CCOc1cc(/C=C(\C#N)C(=O)Nc2ccc(C)c(C)c2)cc(I)c1OCc1cccc(F)c1. The Labute approximate surface area is 212 Å². The molecule has 1 amide bonds. The highest BCUT2D eigenvalue weighted by molar-refractivity contribution is 14.1. The van der Waals surface area contributed by atoms with Gasteiger partial charge in [-0.2, -0.15) is 5.26 Å². The van der Waals surface area contributed by atoms with E-state index < -0.39 is 5.91 Å². The fourth-order valence-electron chi connectivity index (χ4n) is 3.19. The number of amides is 1. The third kappa shape index (κ3) is 6.58. The summed E-state index contributed by atoms with van der Waals surface area (Å²) in [6.45, 7) is 6.37. The van der Waals surface area contributed by atoms with Crippen LogP contribution in [0.3, 0.4) is 0 Å². The smallest absolute Gasteiger partial charge is 0.266 e. The Balaban J connectivity index is 1.85. The zero-order valence-corrected chi connectivity index (χ0v) is 21.3. The number of benzene rings is 3. The van der Waals surface area contributed by atoms with Crippen LogP contribution in [0.15, 0.2) is 60.2 Å². The second-order valence-electron chi connectivity index (χ2n) is 7.60. The van der Waals surface area contributed by atoms with Gasteiger partial charge in [0.05, 0.1) is 10.2 Å². The summed E-state index contributed by atoms with van der Waals surface area (Å²) in [5.41, 5.74) is 4.07. The fourth-order valence-corrected chi connectivity index (χ4v) is 3.97. The van der Waals surface area contributed by atoms with Gasteiger partial charge in [0, 0.05) is 5.69 Å². The van der Waals surface area contributed by atoms with Crippen LogP contribution in [0.25, 0.3) is 6.08 Å². The Bertz CT molecular complexity index is 1280. The van der Waals surface area contributed by atoms with Crippen molar-refractivity contribution in [2.24, 2.45) is 0 Å². The van der Waals surface area contributed by atoms with E-state index in [4.69, 9.17) is 9.47 Å². The molecule has 34 heavy (non-hydrogen) atoms. The molecule has 0 aliphatic carbocycles. The number of rotatable bonds is 8. The fraction of sp³-hybridized carbons (Fsp3) is 0.185. The number of hydrogen-bond acceptors (Lipinski definition) is 4. The Morgan fingerprint density at radius 2 is 1.91 bits per heavy atom. The summed E-state index contributed by atoms with van der Waals surface area (Å²) in [5, 5.41) is 12.4. The molecule has 174 valence electrons. The van der Waals surface area contributed by atoms with Crippen molar-refractivity contribution in [1.29, 1.82) is 5.26 Å². The number of nitriles is 1. The molecule has 0 spiro atoms. The zero-order chi connectivity index (χ0) is 24.7. The zero-order valence-electron chi connectivity index (χ0n) is 19.1. The van der Waals surface area contributed by atoms with Gasteiger partial charge in [-0.3, -0.25) is 4.79 Å². The number of ether oxygens (including phenoxy) is 2. The van der Waals surface area contributed by atoms with Gasteiger partial charge in [-0.15, -0.1) is 0 Å². The molecule has 0 aliphatic rings. The molecule has 5 nitrogen and oxygen atoms in total. The predicted molar refractivity (Wildman–Crippen MR) is 139 cm³/mol. The second kappa shape index (κ2) is 11.7. The third-order valence-corrected chi connectivity index (χ3v) is 5.85. The molecule has 0 saturated carbocycles. The van der Waals surface area contributed by atoms with Crippen molar-refractivity contribution in [3.63, 3.8) is 0 Å². The van der Waals surface area contributed by atoms with E-state index in [1.54, 1.807) is 30.3 Å². The molecule has 0 aliphatic heterocycles. The lowest BCUT2D eigenvalue weighted by Crippen LogP contribution is -2.13. The van der Waals surface area contributed by atoms with Crippen molar-refractivity contribution in [1.82, 2.24) is 0 Å². The number of carbonyl (C=O) groups excluding carboxylic acids is 1. The molecule has 1 N–H and O–H groups in total. The molecular weight excluding hydrogens is 546 g/mol. The number of nitrogens with zero attached hydrogens (tertiary/aromatic N) is 1. The van der Waals surface area contributed by atoms with Gasteiger partial charge in [0.2, 0.25) is 0 Å². The number of nitrogens with one attached hydrogen (secondary N) is 1. The Hall–Kier alpha value is -3.38. The van der Waals surface area contributed by atoms with E-state index in [1.165, 1.54) is 18.2 Å². The van der Waals surface area contributed by atoms with Crippen molar-refractivity contribution in [3.8, 4) is 17.6 Å². The summed E-state index contributed by atoms with van der Waals surface area (Å²) in [4.78, 5) is 12.7. The van der Waals surface area contributed by atoms with Crippen LogP contribution in [0.2, 0.25) is 0 Å². The number of halogens is 2. The molecule has 0 radical (unpaired) electrons. The Morgan fingerprint density at radius 1 is 1.12 bits per heavy atom. The van der Waals surface area contributed by atoms with Gasteiger partial charge in [0.15, 0.2) is 11.5 Å². The van der Waals surface area contributed by atoms with Crippen molar-refractivity contribution in [2.45, 2.75) is 27.4 Å². The number of hydrogen-bond donors (Lipinski definition) is 1. The van der Waals surface area contributed by atoms with Crippen LogP contribution in [0.4, 0.5) is 10.1 Å². The van der Waals surface area contributed by atoms with E-state index in [0.29, 0.717) is 34.9 Å². The lowest BCUT2D eigenvalue weighted by atomic mass is 10.1. The maximum absolute atomic E-state index is 13.5. The first-order chi connectivity index (χ1) is 16.3. The lowest BCUT2D eigenvalue weighted by molar-refractivity contribution is -0.112. The quantitative estimate of drug-likeness (QED) is 0.189. The van der Waals surface area contributed by atoms with Gasteiger partial charge in [-0.05, 0) is 108 Å². The first-order valence-electron chi connectivity index (χ1n) is 10.6. The summed E-state index contributed by atoms with van der Waals surface area (Å²) in [5.74, 6) is 0.167. The standard InChI is InChI=1S/C27H24FIN2O3/c1-4-33-25-14-20(13-24(29)26(25)34-16-19-6-5-7-22(28)12-19)11-21(15-30)27(32)31-23-9-8-17(2)18(3)10-23/h5-14H,4,16H2,1-3H3,(H,31,32)/b21-11+. The molecule has 3 aromatic carbocycles. The molecule has 0 atom stereocenters. The molecule has 0 bridgehead atoms. The van der Waals surface area contributed by atoms with Gasteiger partial charge in [-0.1, -0.05) is 18.2 Å². The highest BCUT2D eigenvalue weighted by atomic mass is 127. The number of aryl methyl sites for hydroxylation is 2. The van der Waals surface area contributed by atoms with Crippen LogP contribution in [-0.2, 0) is 11.4 Å². The average Bonchev–Trinajstić information content (AvgIpc) is 2.79. The highest BCUT2D eigenvalue weighted by Gasteiger charge is 2.15. The van der Waals surface area contributed by atoms with Crippen LogP contribution in [-0.4, -0.2) is 12.5 Å². The predicted octanol–water partition coefficient (Wildman–Crippen LogP) is 6.57. The second-order valence-corrected chi connectivity index (χ2v) is 8.77. The van der Waals surface area contributed by atoms with Gasteiger partial charge >= 0.3 is 0 Å². The number of anilines is 1. The first kappa shape index (κ1) is 25.2. The molecule has 0 saturated heterocycles. The lowest BCUT2D eigenvalue weighted by Gasteiger charge is -2.15. The van der Waals surface area contributed by atoms with Crippen LogP contribution >= 0.6 is 22.6 Å². The van der Waals surface area contributed by atoms with E-state index in [-0.39, 0.29) is 18.0 Å². The maximum atomic E-state index is 13.5. The summed E-state index contributed by atoms with van der Waals surface area (Å²) in [6.07, 6.45) is 1.51. The van der Waals surface area contributed by atoms with E-state index in [0.717, 1.165) is 14.7 Å². The monoisotopic (exact) mass is 570 g/mol.